The van der Waals surface area contributed by atoms with Crippen molar-refractivity contribution in [2.45, 2.75) is 25.8 Å². The number of benzene rings is 1. The van der Waals surface area contributed by atoms with E-state index in [1.54, 1.807) is 6.07 Å². The summed E-state index contributed by atoms with van der Waals surface area (Å²) in [5, 5.41) is 0. The van der Waals surface area contributed by atoms with E-state index in [1.165, 1.54) is 12.1 Å². The van der Waals surface area contributed by atoms with Gasteiger partial charge in [-0.05, 0) is 17.2 Å². The molecule has 0 aliphatic carbocycles. The number of fused-ring (bicyclic) bond motifs is 1. The highest BCUT2D eigenvalue weighted by Crippen LogP contribution is 2.25. The second-order valence-corrected chi connectivity index (χ2v) is 3.69. The van der Waals surface area contributed by atoms with Crippen LogP contribution in [0, 0.1) is 0 Å². The van der Waals surface area contributed by atoms with Gasteiger partial charge in [0, 0.05) is 5.56 Å². The van der Waals surface area contributed by atoms with Gasteiger partial charge >= 0.3 is 6.18 Å². The molecule has 2 nitrogen and oxygen atoms in total. The molecule has 2 rings (SSSR count). The number of carbonyl (C=O) groups excluding carboxylic acids is 1. The van der Waals surface area contributed by atoms with Crippen LogP contribution < -0.4 is 0 Å². The molecule has 0 fully saturated rings. The number of halogens is 3. The van der Waals surface area contributed by atoms with Gasteiger partial charge in [-0.1, -0.05) is 12.1 Å². The zero-order chi connectivity index (χ0) is 11.8. The summed E-state index contributed by atoms with van der Waals surface area (Å²) in [6.07, 6.45) is -5.86. The standard InChI is InChI=1S/C11H9F3O2/c12-11(13,14)4-10(15)7-1-2-8-5-16-6-9(8)3-7/h1-3H,4-6H2. The van der Waals surface area contributed by atoms with Crippen LogP contribution in [0.15, 0.2) is 18.2 Å². The Morgan fingerprint density at radius 3 is 2.62 bits per heavy atom. The van der Waals surface area contributed by atoms with Crippen LogP contribution in [0.4, 0.5) is 13.2 Å². The van der Waals surface area contributed by atoms with Crippen LogP contribution >= 0.6 is 0 Å². The van der Waals surface area contributed by atoms with Crippen LogP contribution in [0.2, 0.25) is 0 Å². The molecule has 5 heteroatoms. The van der Waals surface area contributed by atoms with Gasteiger partial charge in [0.05, 0.1) is 13.2 Å². The molecule has 0 radical (unpaired) electrons. The maximum Gasteiger partial charge on any atom is 0.396 e. The summed E-state index contributed by atoms with van der Waals surface area (Å²) in [5.74, 6) is -0.901. The molecule has 0 bridgehead atoms. The first kappa shape index (κ1) is 11.1. The molecule has 0 aromatic heterocycles. The Kier molecular flexibility index (Phi) is 2.71. The largest absolute Gasteiger partial charge is 0.396 e. The third-order valence-electron chi connectivity index (χ3n) is 2.40. The zero-order valence-electron chi connectivity index (χ0n) is 8.30. The summed E-state index contributed by atoms with van der Waals surface area (Å²) >= 11 is 0. The fourth-order valence-electron chi connectivity index (χ4n) is 1.63. The minimum absolute atomic E-state index is 0.0987. The zero-order valence-corrected chi connectivity index (χ0v) is 8.30. The number of carbonyl (C=O) groups is 1. The molecule has 1 aliphatic rings. The van der Waals surface area contributed by atoms with Crippen molar-refractivity contribution in [2.24, 2.45) is 0 Å². The molecule has 86 valence electrons. The lowest BCUT2D eigenvalue weighted by molar-refractivity contribution is -0.125. The van der Waals surface area contributed by atoms with E-state index in [-0.39, 0.29) is 5.56 Å². The Morgan fingerprint density at radius 2 is 1.94 bits per heavy atom. The van der Waals surface area contributed by atoms with E-state index in [2.05, 4.69) is 0 Å². The highest BCUT2D eigenvalue weighted by atomic mass is 19.4. The third kappa shape index (κ3) is 2.41. The molecule has 0 unspecified atom stereocenters. The van der Waals surface area contributed by atoms with Crippen LogP contribution in [-0.4, -0.2) is 12.0 Å². The van der Waals surface area contributed by atoms with Gasteiger partial charge < -0.3 is 4.74 Å². The summed E-state index contributed by atoms with van der Waals surface area (Å²) < 4.78 is 41.2. The van der Waals surface area contributed by atoms with Crippen molar-refractivity contribution >= 4 is 5.78 Å². The van der Waals surface area contributed by atoms with E-state index in [4.69, 9.17) is 4.74 Å². The lowest BCUT2D eigenvalue weighted by atomic mass is 10.0. The SMILES string of the molecule is O=C(CC(F)(F)F)c1ccc2c(c1)COC2. The summed E-state index contributed by atoms with van der Waals surface area (Å²) in [7, 11) is 0. The van der Waals surface area contributed by atoms with Gasteiger partial charge in [0.25, 0.3) is 0 Å². The van der Waals surface area contributed by atoms with Crippen molar-refractivity contribution in [3.8, 4) is 0 Å². The monoisotopic (exact) mass is 230 g/mol. The predicted octanol–water partition coefficient (Wildman–Crippen LogP) is 2.85. The fourth-order valence-corrected chi connectivity index (χ4v) is 1.63. The maximum atomic E-state index is 12.0. The Morgan fingerprint density at radius 1 is 1.25 bits per heavy atom. The van der Waals surface area contributed by atoms with Gasteiger partial charge in [0.15, 0.2) is 5.78 Å². The molecule has 0 saturated heterocycles. The van der Waals surface area contributed by atoms with Crippen LogP contribution in [0.3, 0.4) is 0 Å². The van der Waals surface area contributed by atoms with E-state index >= 15 is 0 Å². The molecular weight excluding hydrogens is 221 g/mol. The van der Waals surface area contributed by atoms with Crippen LogP contribution in [0.25, 0.3) is 0 Å². The number of hydrogen-bond acceptors (Lipinski definition) is 2. The first-order chi connectivity index (χ1) is 7.46. The van der Waals surface area contributed by atoms with Crippen molar-refractivity contribution in [3.63, 3.8) is 0 Å². The van der Waals surface area contributed by atoms with Crippen molar-refractivity contribution in [2.75, 3.05) is 0 Å². The average Bonchev–Trinajstić information content (AvgIpc) is 2.61. The van der Waals surface area contributed by atoms with E-state index in [1.807, 2.05) is 0 Å². The molecular formula is C11H9F3O2. The minimum Gasteiger partial charge on any atom is -0.372 e. The molecule has 0 N–H and O–H groups in total. The molecule has 1 heterocycles. The van der Waals surface area contributed by atoms with Gasteiger partial charge in [0.1, 0.15) is 6.42 Å². The number of rotatable bonds is 2. The molecule has 1 aromatic rings. The van der Waals surface area contributed by atoms with E-state index in [0.717, 1.165) is 11.1 Å². The average molecular weight is 230 g/mol. The van der Waals surface area contributed by atoms with E-state index in [0.29, 0.717) is 13.2 Å². The Labute approximate surface area is 90.0 Å². The number of Topliss-reactive ketones (excluding diaryl/α,β-unsaturated/α-hetero) is 1. The molecule has 16 heavy (non-hydrogen) atoms. The van der Waals surface area contributed by atoms with Gasteiger partial charge in [-0.3, -0.25) is 4.79 Å². The Balaban J connectivity index is 2.19. The normalized spacial score (nSPS) is 14.9. The molecule has 0 amide bonds. The van der Waals surface area contributed by atoms with Gasteiger partial charge in [0.2, 0.25) is 0 Å². The van der Waals surface area contributed by atoms with Crippen molar-refractivity contribution < 1.29 is 22.7 Å². The highest BCUT2D eigenvalue weighted by Gasteiger charge is 2.31. The molecule has 0 spiro atoms. The molecule has 1 aromatic carbocycles. The quantitative estimate of drug-likeness (QED) is 0.730. The smallest absolute Gasteiger partial charge is 0.372 e. The number of alkyl halides is 3. The van der Waals surface area contributed by atoms with Gasteiger partial charge in [-0.2, -0.15) is 13.2 Å². The van der Waals surface area contributed by atoms with Crippen LogP contribution in [0.1, 0.15) is 27.9 Å². The topological polar surface area (TPSA) is 26.3 Å². The predicted molar refractivity (Wildman–Crippen MR) is 49.9 cm³/mol. The lowest BCUT2D eigenvalue weighted by Crippen LogP contribution is -2.15. The maximum absolute atomic E-state index is 12.0. The second kappa shape index (κ2) is 3.90. The van der Waals surface area contributed by atoms with E-state index in [9.17, 15) is 18.0 Å². The Bertz CT molecular complexity index is 424. The lowest BCUT2D eigenvalue weighted by Gasteiger charge is -2.06. The molecule has 0 atom stereocenters. The first-order valence-electron chi connectivity index (χ1n) is 4.75. The van der Waals surface area contributed by atoms with E-state index < -0.39 is 18.4 Å². The Hall–Kier alpha value is -1.36. The van der Waals surface area contributed by atoms with Crippen LogP contribution in [-0.2, 0) is 18.0 Å². The summed E-state index contributed by atoms with van der Waals surface area (Å²) in [6.45, 7) is 0.825. The second-order valence-electron chi connectivity index (χ2n) is 3.69. The van der Waals surface area contributed by atoms with Crippen molar-refractivity contribution in [1.82, 2.24) is 0 Å². The van der Waals surface area contributed by atoms with Gasteiger partial charge in [-0.15, -0.1) is 0 Å². The van der Waals surface area contributed by atoms with Crippen molar-refractivity contribution in [1.29, 1.82) is 0 Å². The number of ether oxygens (including phenoxy) is 1. The summed E-state index contributed by atoms with van der Waals surface area (Å²) in [5.41, 5.74) is 1.83. The fraction of sp³-hybridized carbons (Fsp3) is 0.364. The number of hydrogen-bond donors (Lipinski definition) is 0. The van der Waals surface area contributed by atoms with Crippen LogP contribution in [0.5, 0.6) is 0 Å². The van der Waals surface area contributed by atoms with Crippen molar-refractivity contribution in [3.05, 3.63) is 34.9 Å². The molecule has 0 saturated carbocycles. The third-order valence-corrected chi connectivity index (χ3v) is 2.40. The summed E-state index contributed by atoms with van der Waals surface area (Å²) in [4.78, 5) is 11.3. The minimum atomic E-state index is -4.45. The molecule has 1 aliphatic heterocycles. The van der Waals surface area contributed by atoms with Gasteiger partial charge in [-0.25, -0.2) is 0 Å². The summed E-state index contributed by atoms with van der Waals surface area (Å²) in [6, 6.07) is 4.55. The first-order valence-corrected chi connectivity index (χ1v) is 4.75. The highest BCUT2D eigenvalue weighted by molar-refractivity contribution is 5.96. The number of ketones is 1.